The van der Waals surface area contributed by atoms with Crippen molar-refractivity contribution in [1.82, 2.24) is 10.2 Å². The molecule has 5 nitrogen and oxygen atoms in total. The molecule has 0 aliphatic rings. The second-order valence-corrected chi connectivity index (χ2v) is 4.72. The fourth-order valence-electron chi connectivity index (χ4n) is 2.02. The minimum Gasteiger partial charge on any atom is -0.497 e. The molecule has 0 N–H and O–H groups in total. The van der Waals surface area contributed by atoms with Gasteiger partial charge < -0.3 is 13.9 Å². The monoisotopic (exact) mass is 296 g/mol. The molecule has 0 saturated heterocycles. The zero-order chi connectivity index (χ0) is 15.2. The average molecular weight is 296 g/mol. The van der Waals surface area contributed by atoms with Gasteiger partial charge in [0.05, 0.1) is 13.5 Å². The van der Waals surface area contributed by atoms with Gasteiger partial charge in [0, 0.05) is 6.07 Å². The smallest absolute Gasteiger partial charge is 0.253 e. The van der Waals surface area contributed by atoms with Gasteiger partial charge in [0.1, 0.15) is 11.5 Å². The lowest BCUT2D eigenvalue weighted by molar-refractivity contribution is 0.258. The van der Waals surface area contributed by atoms with Crippen LogP contribution in [-0.2, 0) is 13.0 Å². The Morgan fingerprint density at radius 2 is 1.68 bits per heavy atom. The van der Waals surface area contributed by atoms with Crippen molar-refractivity contribution >= 4 is 0 Å². The summed E-state index contributed by atoms with van der Waals surface area (Å²) in [6, 6.07) is 17.4. The maximum atomic E-state index is 5.62. The molecule has 0 saturated carbocycles. The normalized spacial score (nSPS) is 10.4. The van der Waals surface area contributed by atoms with Gasteiger partial charge in [-0.15, -0.1) is 10.2 Å². The standard InChI is InChI=1S/C17H16N2O3/c1-20-14-8-5-9-15(11-14)21-12-17-19-18-16(22-17)10-13-6-3-2-4-7-13/h2-9,11H,10,12H2,1H3. The number of hydrogen-bond donors (Lipinski definition) is 0. The SMILES string of the molecule is COc1cccc(OCc2nnc(Cc3ccccc3)o2)c1. The van der Waals surface area contributed by atoms with Gasteiger partial charge in [0.15, 0.2) is 6.61 Å². The van der Waals surface area contributed by atoms with Gasteiger partial charge in [-0.05, 0) is 17.7 Å². The van der Waals surface area contributed by atoms with Gasteiger partial charge in [0.2, 0.25) is 5.89 Å². The number of nitrogens with zero attached hydrogens (tertiary/aromatic N) is 2. The number of methoxy groups -OCH3 is 1. The predicted octanol–water partition coefficient (Wildman–Crippen LogP) is 3.25. The first-order valence-corrected chi connectivity index (χ1v) is 6.95. The molecular formula is C17H16N2O3. The van der Waals surface area contributed by atoms with Crippen LogP contribution in [-0.4, -0.2) is 17.3 Å². The highest BCUT2D eigenvalue weighted by molar-refractivity contribution is 5.32. The molecule has 0 bridgehead atoms. The molecule has 2 aromatic carbocycles. The molecule has 0 amide bonds. The predicted molar refractivity (Wildman–Crippen MR) is 80.9 cm³/mol. The number of hydrogen-bond acceptors (Lipinski definition) is 5. The molecular weight excluding hydrogens is 280 g/mol. The molecule has 0 spiro atoms. The Bertz CT molecular complexity index is 726. The van der Waals surface area contributed by atoms with Gasteiger partial charge in [-0.3, -0.25) is 0 Å². The number of benzene rings is 2. The largest absolute Gasteiger partial charge is 0.497 e. The molecule has 0 aliphatic carbocycles. The fraction of sp³-hybridized carbons (Fsp3) is 0.176. The van der Waals surface area contributed by atoms with E-state index in [1.165, 1.54) is 0 Å². The van der Waals surface area contributed by atoms with Gasteiger partial charge >= 0.3 is 0 Å². The lowest BCUT2D eigenvalue weighted by Crippen LogP contribution is -1.96. The highest BCUT2D eigenvalue weighted by Crippen LogP contribution is 2.20. The summed E-state index contributed by atoms with van der Waals surface area (Å²) in [6.45, 7) is 0.231. The van der Waals surface area contributed by atoms with Crippen LogP contribution in [0, 0.1) is 0 Å². The third-order valence-electron chi connectivity index (χ3n) is 3.11. The van der Waals surface area contributed by atoms with Crippen LogP contribution in [0.15, 0.2) is 59.0 Å². The van der Waals surface area contributed by atoms with Crippen molar-refractivity contribution in [1.29, 1.82) is 0 Å². The second kappa shape index (κ2) is 6.76. The molecule has 22 heavy (non-hydrogen) atoms. The van der Waals surface area contributed by atoms with E-state index in [1.807, 2.05) is 48.5 Å². The van der Waals surface area contributed by atoms with E-state index in [2.05, 4.69) is 10.2 Å². The Hall–Kier alpha value is -2.82. The summed E-state index contributed by atoms with van der Waals surface area (Å²) in [5.74, 6) is 2.47. The van der Waals surface area contributed by atoms with Crippen molar-refractivity contribution in [2.24, 2.45) is 0 Å². The highest BCUT2D eigenvalue weighted by atomic mass is 16.5. The van der Waals surface area contributed by atoms with Crippen LogP contribution in [0.3, 0.4) is 0 Å². The Balaban J connectivity index is 1.59. The van der Waals surface area contributed by atoms with Crippen LogP contribution in [0.5, 0.6) is 11.5 Å². The molecule has 5 heteroatoms. The Morgan fingerprint density at radius 1 is 0.909 bits per heavy atom. The summed E-state index contributed by atoms with van der Waals surface area (Å²) in [6.07, 6.45) is 0.618. The fourth-order valence-corrected chi connectivity index (χ4v) is 2.02. The van der Waals surface area contributed by atoms with Crippen molar-refractivity contribution in [3.05, 3.63) is 71.9 Å². The molecule has 1 heterocycles. The van der Waals surface area contributed by atoms with Crippen LogP contribution < -0.4 is 9.47 Å². The number of aromatic nitrogens is 2. The molecule has 3 rings (SSSR count). The van der Waals surface area contributed by atoms with Crippen LogP contribution in [0.25, 0.3) is 0 Å². The van der Waals surface area contributed by atoms with Gasteiger partial charge in [-0.1, -0.05) is 36.4 Å². The maximum Gasteiger partial charge on any atom is 0.253 e. The Morgan fingerprint density at radius 3 is 2.50 bits per heavy atom. The third kappa shape index (κ3) is 3.63. The lowest BCUT2D eigenvalue weighted by atomic mass is 10.2. The van der Waals surface area contributed by atoms with Crippen LogP contribution in [0.2, 0.25) is 0 Å². The van der Waals surface area contributed by atoms with E-state index in [0.717, 1.165) is 11.3 Å². The molecule has 3 aromatic rings. The molecule has 0 fully saturated rings. The molecule has 0 unspecified atom stereocenters. The van der Waals surface area contributed by atoms with Crippen LogP contribution >= 0.6 is 0 Å². The highest BCUT2D eigenvalue weighted by Gasteiger charge is 2.08. The Kier molecular flexibility index (Phi) is 4.34. The topological polar surface area (TPSA) is 57.4 Å². The number of ether oxygens (including phenoxy) is 2. The minimum absolute atomic E-state index is 0.231. The summed E-state index contributed by atoms with van der Waals surface area (Å²) in [7, 11) is 1.62. The maximum absolute atomic E-state index is 5.62. The molecule has 1 aromatic heterocycles. The van der Waals surface area contributed by atoms with Crippen molar-refractivity contribution in [3.8, 4) is 11.5 Å². The van der Waals surface area contributed by atoms with E-state index >= 15 is 0 Å². The van der Waals surface area contributed by atoms with Gasteiger partial charge in [0.25, 0.3) is 5.89 Å². The molecule has 0 aliphatic heterocycles. The molecule has 0 radical (unpaired) electrons. The van der Waals surface area contributed by atoms with E-state index in [1.54, 1.807) is 13.2 Å². The zero-order valence-corrected chi connectivity index (χ0v) is 12.2. The first kappa shape index (κ1) is 14.1. The van der Waals surface area contributed by atoms with Gasteiger partial charge in [-0.25, -0.2) is 0 Å². The van der Waals surface area contributed by atoms with Crippen LogP contribution in [0.4, 0.5) is 0 Å². The average Bonchev–Trinajstić information content (AvgIpc) is 3.01. The Labute approximate surface area is 128 Å². The summed E-state index contributed by atoms with van der Waals surface area (Å²) in [5.41, 5.74) is 1.13. The quantitative estimate of drug-likeness (QED) is 0.699. The summed E-state index contributed by atoms with van der Waals surface area (Å²) in [4.78, 5) is 0. The second-order valence-electron chi connectivity index (χ2n) is 4.72. The van der Waals surface area contributed by atoms with E-state index in [4.69, 9.17) is 13.9 Å². The van der Waals surface area contributed by atoms with Crippen molar-refractivity contribution < 1.29 is 13.9 Å². The zero-order valence-electron chi connectivity index (χ0n) is 12.2. The molecule has 0 atom stereocenters. The van der Waals surface area contributed by atoms with Gasteiger partial charge in [-0.2, -0.15) is 0 Å². The van der Waals surface area contributed by atoms with E-state index in [0.29, 0.717) is 24.0 Å². The summed E-state index contributed by atoms with van der Waals surface area (Å²) in [5, 5.41) is 8.03. The first-order chi connectivity index (χ1) is 10.8. The first-order valence-electron chi connectivity index (χ1n) is 6.95. The minimum atomic E-state index is 0.231. The third-order valence-corrected chi connectivity index (χ3v) is 3.11. The van der Waals surface area contributed by atoms with E-state index in [9.17, 15) is 0 Å². The van der Waals surface area contributed by atoms with Crippen molar-refractivity contribution in [2.75, 3.05) is 7.11 Å². The van der Waals surface area contributed by atoms with E-state index in [-0.39, 0.29) is 6.61 Å². The summed E-state index contributed by atoms with van der Waals surface area (Å²) < 4.78 is 16.4. The van der Waals surface area contributed by atoms with Crippen molar-refractivity contribution in [3.63, 3.8) is 0 Å². The number of rotatable bonds is 6. The lowest BCUT2D eigenvalue weighted by Gasteiger charge is -2.05. The molecule has 112 valence electrons. The summed E-state index contributed by atoms with van der Waals surface area (Å²) >= 11 is 0. The van der Waals surface area contributed by atoms with Crippen molar-refractivity contribution in [2.45, 2.75) is 13.0 Å². The van der Waals surface area contributed by atoms with E-state index < -0.39 is 0 Å². The van der Waals surface area contributed by atoms with Crippen LogP contribution in [0.1, 0.15) is 17.3 Å².